The molecule has 1 aromatic rings. The normalized spacial score (nSPS) is 18.6. The number of hydrogen-bond acceptors (Lipinski definition) is 7. The quantitative estimate of drug-likeness (QED) is 0.485. The molecule has 3 rings (SSSR count). The summed E-state index contributed by atoms with van der Waals surface area (Å²) < 4.78 is 10.2. The lowest BCUT2D eigenvalue weighted by Crippen LogP contribution is -2.49. The summed E-state index contributed by atoms with van der Waals surface area (Å²) in [6.45, 7) is 8.56. The molecule has 174 valence electrons. The molecule has 10 heteroatoms. The van der Waals surface area contributed by atoms with Crippen LogP contribution in [0.25, 0.3) is 0 Å². The Morgan fingerprint density at radius 1 is 1.16 bits per heavy atom. The predicted molar refractivity (Wildman–Crippen MR) is 125 cm³/mol. The molecule has 0 radical (unpaired) electrons. The van der Waals surface area contributed by atoms with Crippen molar-refractivity contribution in [3.05, 3.63) is 24.3 Å². The summed E-state index contributed by atoms with van der Waals surface area (Å²) in [4.78, 5) is 41.5. The lowest BCUT2D eigenvalue weighted by Gasteiger charge is -2.36. The molecule has 1 unspecified atom stereocenters. The first kappa shape index (κ1) is 23.8. The molecule has 1 aromatic carbocycles. The number of nitrogens with zero attached hydrogens (tertiary/aromatic N) is 3. The van der Waals surface area contributed by atoms with Crippen LogP contribution in [0.5, 0.6) is 0 Å². The van der Waals surface area contributed by atoms with Crippen LogP contribution in [0.1, 0.15) is 20.8 Å². The second kappa shape index (κ2) is 10.6. The highest BCUT2D eigenvalue weighted by Crippen LogP contribution is 2.25. The highest BCUT2D eigenvalue weighted by molar-refractivity contribution is 7.80. The summed E-state index contributed by atoms with van der Waals surface area (Å²) in [5.41, 5.74) is 1.80. The maximum atomic E-state index is 12.3. The van der Waals surface area contributed by atoms with Gasteiger partial charge in [0, 0.05) is 50.4 Å². The molecule has 2 saturated heterocycles. The minimum Gasteiger partial charge on any atom is -0.456 e. The zero-order valence-electron chi connectivity index (χ0n) is 18.7. The van der Waals surface area contributed by atoms with Crippen LogP contribution < -0.4 is 15.1 Å². The smallest absolute Gasteiger partial charge is 0.414 e. The van der Waals surface area contributed by atoms with Gasteiger partial charge in [0.2, 0.25) is 0 Å². The van der Waals surface area contributed by atoms with E-state index in [1.165, 1.54) is 6.92 Å². The number of amides is 2. The zero-order chi connectivity index (χ0) is 23.3. The standard InChI is InChI=1S/C22H30N4O5S/c1-15(2)21(32)23-12-19-13-26(22(29)31-19)18-6-4-17(5-7-18)24-8-10-25(11-9-24)20(28)14-30-16(3)27/h4-7,15,19H,8-14H2,1-3H3,(H,23,32). The maximum absolute atomic E-state index is 12.3. The van der Waals surface area contributed by atoms with E-state index in [0.717, 1.165) is 16.4 Å². The third-order valence-corrected chi connectivity index (χ3v) is 6.08. The van der Waals surface area contributed by atoms with Crippen molar-refractivity contribution < 1.29 is 23.9 Å². The Bertz CT molecular complexity index is 852. The maximum Gasteiger partial charge on any atom is 0.414 e. The first-order valence-electron chi connectivity index (χ1n) is 10.8. The minimum atomic E-state index is -0.458. The highest BCUT2D eigenvalue weighted by Gasteiger charge is 2.32. The van der Waals surface area contributed by atoms with E-state index < -0.39 is 5.97 Å². The first-order valence-corrected chi connectivity index (χ1v) is 11.2. The van der Waals surface area contributed by atoms with Gasteiger partial charge in [0.15, 0.2) is 6.61 Å². The minimum absolute atomic E-state index is 0.180. The summed E-state index contributed by atoms with van der Waals surface area (Å²) in [6.07, 6.45) is -0.614. The number of benzene rings is 1. The largest absolute Gasteiger partial charge is 0.456 e. The average molecular weight is 463 g/mol. The summed E-state index contributed by atoms with van der Waals surface area (Å²) in [6, 6.07) is 7.75. The van der Waals surface area contributed by atoms with E-state index in [1.54, 1.807) is 9.80 Å². The highest BCUT2D eigenvalue weighted by atomic mass is 32.1. The van der Waals surface area contributed by atoms with Crippen LogP contribution in [0.2, 0.25) is 0 Å². The van der Waals surface area contributed by atoms with Gasteiger partial charge >= 0.3 is 12.1 Å². The summed E-state index contributed by atoms with van der Waals surface area (Å²) in [5, 5.41) is 3.16. The van der Waals surface area contributed by atoms with Gasteiger partial charge in [0.1, 0.15) is 6.10 Å². The molecule has 2 fully saturated rings. The van der Waals surface area contributed by atoms with Gasteiger partial charge < -0.3 is 24.6 Å². The number of anilines is 2. The summed E-state index contributed by atoms with van der Waals surface area (Å²) in [7, 11) is 0. The number of carbonyl (C=O) groups excluding carboxylic acids is 3. The molecule has 2 aliphatic rings. The second-order valence-corrected chi connectivity index (χ2v) is 8.62. The van der Waals surface area contributed by atoms with E-state index in [4.69, 9.17) is 21.7 Å². The molecule has 0 spiro atoms. The van der Waals surface area contributed by atoms with E-state index in [9.17, 15) is 14.4 Å². The van der Waals surface area contributed by atoms with Gasteiger partial charge in [-0.2, -0.15) is 0 Å². The monoisotopic (exact) mass is 462 g/mol. The third kappa shape index (κ3) is 6.09. The molecule has 0 aromatic heterocycles. The number of cyclic esters (lactones) is 1. The van der Waals surface area contributed by atoms with Crippen LogP contribution in [0.4, 0.5) is 16.2 Å². The number of hydrogen-bond donors (Lipinski definition) is 1. The van der Waals surface area contributed by atoms with Crippen molar-refractivity contribution in [3.63, 3.8) is 0 Å². The molecule has 0 aliphatic carbocycles. The van der Waals surface area contributed by atoms with Gasteiger partial charge in [-0.15, -0.1) is 0 Å². The van der Waals surface area contributed by atoms with Crippen LogP contribution in [-0.2, 0) is 19.1 Å². The summed E-state index contributed by atoms with van der Waals surface area (Å²) >= 11 is 5.27. The van der Waals surface area contributed by atoms with E-state index >= 15 is 0 Å². The van der Waals surface area contributed by atoms with Crippen LogP contribution >= 0.6 is 12.2 Å². The molecule has 1 N–H and O–H groups in total. The third-order valence-electron chi connectivity index (χ3n) is 5.46. The molecule has 9 nitrogen and oxygen atoms in total. The Labute approximate surface area is 193 Å². The fourth-order valence-electron chi connectivity index (χ4n) is 3.57. The molecule has 2 amide bonds. The van der Waals surface area contributed by atoms with Gasteiger partial charge in [-0.1, -0.05) is 26.1 Å². The number of esters is 1. The number of carbonyl (C=O) groups is 3. The fourth-order valence-corrected chi connectivity index (χ4v) is 3.65. The van der Waals surface area contributed by atoms with Crippen LogP contribution in [0.3, 0.4) is 0 Å². The van der Waals surface area contributed by atoms with Gasteiger partial charge in [0.05, 0.1) is 18.1 Å². The van der Waals surface area contributed by atoms with Crippen LogP contribution in [0, 0.1) is 5.92 Å². The van der Waals surface area contributed by atoms with Crippen molar-refractivity contribution in [2.75, 3.05) is 55.7 Å². The number of thiocarbonyl (C=S) groups is 1. The second-order valence-electron chi connectivity index (χ2n) is 8.18. The van der Waals surface area contributed by atoms with E-state index in [0.29, 0.717) is 39.3 Å². The molecular weight excluding hydrogens is 432 g/mol. The molecule has 2 aliphatic heterocycles. The number of ether oxygens (including phenoxy) is 2. The van der Waals surface area contributed by atoms with Crippen molar-refractivity contribution >= 4 is 46.6 Å². The number of rotatable bonds is 7. The summed E-state index contributed by atoms with van der Waals surface area (Å²) in [5.74, 6) is -0.388. The molecule has 0 saturated carbocycles. The first-order chi connectivity index (χ1) is 15.2. The predicted octanol–water partition coefficient (Wildman–Crippen LogP) is 1.80. The Morgan fingerprint density at radius 2 is 1.78 bits per heavy atom. The number of nitrogens with one attached hydrogen (secondary N) is 1. The Morgan fingerprint density at radius 3 is 2.38 bits per heavy atom. The van der Waals surface area contributed by atoms with Crippen LogP contribution in [0.15, 0.2) is 24.3 Å². The molecule has 2 heterocycles. The topological polar surface area (TPSA) is 91.4 Å². The van der Waals surface area contributed by atoms with E-state index in [2.05, 4.69) is 10.2 Å². The lowest BCUT2D eigenvalue weighted by molar-refractivity contribution is -0.150. The van der Waals surface area contributed by atoms with Gasteiger partial charge in [-0.25, -0.2) is 4.79 Å². The Hall–Kier alpha value is -2.88. The molecule has 32 heavy (non-hydrogen) atoms. The fraction of sp³-hybridized carbons (Fsp3) is 0.545. The van der Waals surface area contributed by atoms with E-state index in [1.807, 2.05) is 38.1 Å². The molecule has 1 atom stereocenters. The van der Waals surface area contributed by atoms with Crippen molar-refractivity contribution in [1.82, 2.24) is 10.2 Å². The van der Waals surface area contributed by atoms with Crippen molar-refractivity contribution in [2.24, 2.45) is 5.92 Å². The van der Waals surface area contributed by atoms with Crippen molar-refractivity contribution in [1.29, 1.82) is 0 Å². The zero-order valence-corrected chi connectivity index (χ0v) is 19.5. The lowest BCUT2D eigenvalue weighted by atomic mass is 10.2. The van der Waals surface area contributed by atoms with Crippen LogP contribution in [-0.4, -0.2) is 79.8 Å². The Balaban J connectivity index is 1.50. The SMILES string of the molecule is CC(=O)OCC(=O)N1CCN(c2ccc(N3CC(CNC(=S)C(C)C)OC3=O)cc2)CC1. The van der Waals surface area contributed by atoms with Gasteiger partial charge in [-0.05, 0) is 24.3 Å². The molecule has 0 bridgehead atoms. The average Bonchev–Trinajstić information content (AvgIpc) is 3.16. The van der Waals surface area contributed by atoms with Gasteiger partial charge in [-0.3, -0.25) is 14.5 Å². The molecular formula is C22H30N4O5S. The van der Waals surface area contributed by atoms with Gasteiger partial charge in [0.25, 0.3) is 5.91 Å². The van der Waals surface area contributed by atoms with Crippen molar-refractivity contribution in [3.8, 4) is 0 Å². The van der Waals surface area contributed by atoms with Crippen molar-refractivity contribution in [2.45, 2.75) is 26.9 Å². The van der Waals surface area contributed by atoms with E-state index in [-0.39, 0.29) is 30.6 Å². The Kier molecular flexibility index (Phi) is 7.89. The number of piperazine rings is 1.